The van der Waals surface area contributed by atoms with Crippen LogP contribution in [0.15, 0.2) is 6.20 Å². The summed E-state index contributed by atoms with van der Waals surface area (Å²) in [5.74, 6) is -1.14. The quantitative estimate of drug-likeness (QED) is 0.783. The molecule has 66 valence electrons. The number of hydrogen-bond acceptors (Lipinski definition) is 3. The normalized spacial score (nSPS) is 12.8. The van der Waals surface area contributed by atoms with E-state index in [1.165, 1.54) is 11.3 Å². The first-order valence-corrected chi connectivity index (χ1v) is 4.62. The van der Waals surface area contributed by atoms with E-state index in [4.69, 9.17) is 5.11 Å². The fourth-order valence-corrected chi connectivity index (χ4v) is 2.00. The number of hydrogen-bond donors (Lipinski definition) is 1. The minimum atomic E-state index is -0.763. The van der Waals surface area contributed by atoms with Gasteiger partial charge in [0, 0.05) is 11.1 Å². The van der Waals surface area contributed by atoms with Crippen molar-refractivity contribution in [2.24, 2.45) is 0 Å². The van der Waals surface area contributed by atoms with Gasteiger partial charge in [-0.2, -0.15) is 0 Å². The van der Waals surface area contributed by atoms with Crippen LogP contribution in [0.4, 0.5) is 0 Å². The summed E-state index contributed by atoms with van der Waals surface area (Å²) in [6, 6.07) is 0. The smallest absolute Gasteiger partial charge is 0.311 e. The molecule has 0 amide bonds. The SMILES string of the molecule is CCC(C(=O)O)c1cnc(C)s1. The molecule has 0 saturated heterocycles. The van der Waals surface area contributed by atoms with Crippen molar-refractivity contribution < 1.29 is 9.90 Å². The lowest BCUT2D eigenvalue weighted by Gasteiger charge is -2.04. The molecule has 0 fully saturated rings. The van der Waals surface area contributed by atoms with Gasteiger partial charge in [-0.25, -0.2) is 4.98 Å². The highest BCUT2D eigenvalue weighted by Crippen LogP contribution is 2.24. The molecule has 3 nitrogen and oxygen atoms in total. The molecule has 0 saturated carbocycles. The van der Waals surface area contributed by atoms with Gasteiger partial charge in [0.2, 0.25) is 0 Å². The van der Waals surface area contributed by atoms with Crippen LogP contribution in [0.5, 0.6) is 0 Å². The standard InChI is InChI=1S/C8H11NO2S/c1-3-6(8(10)11)7-4-9-5(2)12-7/h4,6H,3H2,1-2H3,(H,10,11). The Morgan fingerprint density at radius 3 is 2.83 bits per heavy atom. The molecule has 12 heavy (non-hydrogen) atoms. The fraction of sp³-hybridized carbons (Fsp3) is 0.500. The van der Waals surface area contributed by atoms with E-state index in [1.54, 1.807) is 6.20 Å². The average molecular weight is 185 g/mol. The second kappa shape index (κ2) is 3.67. The Hall–Kier alpha value is -0.900. The van der Waals surface area contributed by atoms with Gasteiger partial charge in [0.05, 0.1) is 10.9 Å². The second-order valence-electron chi connectivity index (χ2n) is 2.58. The third-order valence-corrected chi connectivity index (χ3v) is 2.72. The molecular formula is C8H11NO2S. The maximum absolute atomic E-state index is 10.7. The van der Waals surface area contributed by atoms with Gasteiger partial charge >= 0.3 is 5.97 Å². The molecule has 0 spiro atoms. The van der Waals surface area contributed by atoms with Crippen LogP contribution < -0.4 is 0 Å². The first-order valence-electron chi connectivity index (χ1n) is 3.80. The summed E-state index contributed by atoms with van der Waals surface area (Å²) in [4.78, 5) is 15.6. The fourth-order valence-electron chi connectivity index (χ4n) is 1.04. The summed E-state index contributed by atoms with van der Waals surface area (Å²) < 4.78 is 0. The monoisotopic (exact) mass is 185 g/mol. The molecule has 1 N–H and O–H groups in total. The largest absolute Gasteiger partial charge is 0.481 e. The Bertz CT molecular complexity index is 282. The second-order valence-corrected chi connectivity index (χ2v) is 3.85. The van der Waals surface area contributed by atoms with Crippen molar-refractivity contribution in [3.63, 3.8) is 0 Å². The van der Waals surface area contributed by atoms with E-state index in [0.717, 1.165) is 9.88 Å². The maximum Gasteiger partial charge on any atom is 0.311 e. The first kappa shape index (κ1) is 9.19. The lowest BCUT2D eigenvalue weighted by molar-refractivity contribution is -0.138. The van der Waals surface area contributed by atoms with E-state index >= 15 is 0 Å². The van der Waals surface area contributed by atoms with Gasteiger partial charge in [0.25, 0.3) is 0 Å². The Morgan fingerprint density at radius 1 is 1.83 bits per heavy atom. The molecule has 0 aliphatic heterocycles. The van der Waals surface area contributed by atoms with Crippen LogP contribution in [0, 0.1) is 6.92 Å². The van der Waals surface area contributed by atoms with Gasteiger partial charge in [0.1, 0.15) is 0 Å². The molecule has 1 heterocycles. The number of carbonyl (C=O) groups is 1. The van der Waals surface area contributed by atoms with Crippen LogP contribution in [0.1, 0.15) is 29.1 Å². The molecule has 4 heteroatoms. The van der Waals surface area contributed by atoms with E-state index < -0.39 is 5.97 Å². The molecule has 0 aromatic carbocycles. The van der Waals surface area contributed by atoms with Crippen molar-refractivity contribution >= 4 is 17.3 Å². The predicted octanol–water partition coefficient (Wildman–Crippen LogP) is 2.03. The molecule has 1 atom stereocenters. The number of carboxylic acid groups (broad SMARTS) is 1. The first-order chi connectivity index (χ1) is 5.65. The Balaban J connectivity index is 2.87. The van der Waals surface area contributed by atoms with Gasteiger partial charge in [-0.05, 0) is 13.3 Å². The highest BCUT2D eigenvalue weighted by molar-refractivity contribution is 7.11. The van der Waals surface area contributed by atoms with E-state index in [1.807, 2.05) is 13.8 Å². The molecule has 1 aromatic heterocycles. The number of aliphatic carboxylic acids is 1. The van der Waals surface area contributed by atoms with E-state index in [2.05, 4.69) is 4.98 Å². The van der Waals surface area contributed by atoms with E-state index in [0.29, 0.717) is 6.42 Å². The zero-order chi connectivity index (χ0) is 9.14. The number of aryl methyl sites for hydroxylation is 1. The average Bonchev–Trinajstić information content (AvgIpc) is 2.37. The Kier molecular flexibility index (Phi) is 2.81. The molecule has 0 aliphatic carbocycles. The molecule has 1 rings (SSSR count). The van der Waals surface area contributed by atoms with Crippen molar-refractivity contribution in [3.8, 4) is 0 Å². The number of thiazole rings is 1. The number of carboxylic acids is 1. The third kappa shape index (κ3) is 1.82. The summed E-state index contributed by atoms with van der Waals surface area (Å²) in [6.07, 6.45) is 2.28. The van der Waals surface area contributed by atoms with Crippen LogP contribution in [-0.4, -0.2) is 16.1 Å². The Morgan fingerprint density at radius 2 is 2.50 bits per heavy atom. The zero-order valence-corrected chi connectivity index (χ0v) is 7.89. The number of aromatic nitrogens is 1. The number of rotatable bonds is 3. The van der Waals surface area contributed by atoms with Crippen LogP contribution in [0.3, 0.4) is 0 Å². The van der Waals surface area contributed by atoms with Gasteiger partial charge < -0.3 is 5.11 Å². The molecule has 0 bridgehead atoms. The van der Waals surface area contributed by atoms with Crippen LogP contribution in [0.25, 0.3) is 0 Å². The zero-order valence-electron chi connectivity index (χ0n) is 7.07. The minimum absolute atomic E-state index is 0.379. The van der Waals surface area contributed by atoms with Gasteiger partial charge in [-0.3, -0.25) is 4.79 Å². The highest BCUT2D eigenvalue weighted by atomic mass is 32.1. The summed E-state index contributed by atoms with van der Waals surface area (Å²) >= 11 is 1.46. The maximum atomic E-state index is 10.7. The summed E-state index contributed by atoms with van der Waals surface area (Å²) in [7, 11) is 0. The summed E-state index contributed by atoms with van der Waals surface area (Å²) in [5.41, 5.74) is 0. The van der Waals surface area contributed by atoms with Gasteiger partial charge in [0.15, 0.2) is 0 Å². The van der Waals surface area contributed by atoms with Crippen molar-refractivity contribution in [2.45, 2.75) is 26.2 Å². The molecule has 1 aromatic rings. The lowest BCUT2D eigenvalue weighted by Crippen LogP contribution is -2.08. The Labute approximate surface area is 75.1 Å². The summed E-state index contributed by atoms with van der Waals surface area (Å²) in [6.45, 7) is 3.75. The van der Waals surface area contributed by atoms with Gasteiger partial charge in [-0.1, -0.05) is 6.92 Å². The minimum Gasteiger partial charge on any atom is -0.481 e. The van der Waals surface area contributed by atoms with Crippen molar-refractivity contribution in [1.82, 2.24) is 4.98 Å². The lowest BCUT2D eigenvalue weighted by atomic mass is 10.1. The number of nitrogens with zero attached hydrogens (tertiary/aromatic N) is 1. The van der Waals surface area contributed by atoms with Crippen LogP contribution >= 0.6 is 11.3 Å². The van der Waals surface area contributed by atoms with Gasteiger partial charge in [-0.15, -0.1) is 11.3 Å². The molecule has 1 unspecified atom stereocenters. The van der Waals surface area contributed by atoms with Crippen molar-refractivity contribution in [1.29, 1.82) is 0 Å². The third-order valence-electron chi connectivity index (χ3n) is 1.69. The van der Waals surface area contributed by atoms with Crippen molar-refractivity contribution in [3.05, 3.63) is 16.1 Å². The molecule has 0 aliphatic rings. The predicted molar refractivity (Wildman–Crippen MR) is 47.5 cm³/mol. The molecular weight excluding hydrogens is 174 g/mol. The topological polar surface area (TPSA) is 50.2 Å². The van der Waals surface area contributed by atoms with Crippen LogP contribution in [0.2, 0.25) is 0 Å². The van der Waals surface area contributed by atoms with Crippen LogP contribution in [-0.2, 0) is 4.79 Å². The highest BCUT2D eigenvalue weighted by Gasteiger charge is 2.19. The van der Waals surface area contributed by atoms with Crippen molar-refractivity contribution in [2.75, 3.05) is 0 Å². The van der Waals surface area contributed by atoms with E-state index in [9.17, 15) is 4.79 Å². The molecule has 0 radical (unpaired) electrons. The summed E-state index contributed by atoms with van der Waals surface area (Å²) in [5, 5.41) is 9.74. The van der Waals surface area contributed by atoms with E-state index in [-0.39, 0.29) is 5.92 Å².